The maximum absolute atomic E-state index is 4.57. The van der Waals surface area contributed by atoms with Crippen molar-refractivity contribution in [2.24, 2.45) is 0 Å². The molecule has 0 saturated carbocycles. The highest BCUT2D eigenvalue weighted by molar-refractivity contribution is 9.10. The van der Waals surface area contributed by atoms with Crippen molar-refractivity contribution in [2.45, 2.75) is 0 Å². The highest BCUT2D eigenvalue weighted by Crippen LogP contribution is 2.20. The van der Waals surface area contributed by atoms with Gasteiger partial charge in [0.15, 0.2) is 0 Å². The highest BCUT2D eigenvalue weighted by atomic mass is 79.9. The molecular formula is C17H10BrN. The van der Waals surface area contributed by atoms with Crippen LogP contribution in [0, 0.1) is 11.8 Å². The van der Waals surface area contributed by atoms with Crippen molar-refractivity contribution >= 4 is 26.8 Å². The topological polar surface area (TPSA) is 12.9 Å². The van der Waals surface area contributed by atoms with Crippen molar-refractivity contribution in [3.63, 3.8) is 0 Å². The Morgan fingerprint density at radius 3 is 2.42 bits per heavy atom. The summed E-state index contributed by atoms with van der Waals surface area (Å²) in [7, 11) is 0. The predicted molar refractivity (Wildman–Crippen MR) is 81.9 cm³/mol. The smallest absolute Gasteiger partial charge is 0.128 e. The number of para-hydroxylation sites is 1. The van der Waals surface area contributed by atoms with Crippen molar-refractivity contribution in [3.05, 3.63) is 76.4 Å². The Kier molecular flexibility index (Phi) is 3.31. The Bertz CT molecular complexity index is 782. The summed E-state index contributed by atoms with van der Waals surface area (Å²) in [6.07, 6.45) is 0. The van der Waals surface area contributed by atoms with Crippen molar-refractivity contribution in [3.8, 4) is 11.8 Å². The summed E-state index contributed by atoms with van der Waals surface area (Å²) < 4.78 is 0.926. The van der Waals surface area contributed by atoms with Gasteiger partial charge in [0.05, 0.1) is 9.99 Å². The molecule has 1 aromatic heterocycles. The summed E-state index contributed by atoms with van der Waals surface area (Å²) in [6.45, 7) is 0. The van der Waals surface area contributed by atoms with E-state index in [1.165, 1.54) is 0 Å². The Morgan fingerprint density at radius 2 is 1.58 bits per heavy atom. The third kappa shape index (κ3) is 2.67. The lowest BCUT2D eigenvalue weighted by atomic mass is 10.2. The molecule has 2 heteroatoms. The average Bonchev–Trinajstić information content (AvgIpc) is 2.46. The van der Waals surface area contributed by atoms with Crippen LogP contribution < -0.4 is 0 Å². The predicted octanol–water partition coefficient (Wildman–Crippen LogP) is 4.40. The molecule has 3 rings (SSSR count). The SMILES string of the molecule is Brc1cc2ccccc2nc1C#Cc1ccccc1. The molecule has 0 spiro atoms. The van der Waals surface area contributed by atoms with Gasteiger partial charge in [0.2, 0.25) is 0 Å². The van der Waals surface area contributed by atoms with Gasteiger partial charge < -0.3 is 0 Å². The van der Waals surface area contributed by atoms with E-state index in [2.05, 4.69) is 38.8 Å². The van der Waals surface area contributed by atoms with E-state index >= 15 is 0 Å². The number of hydrogen-bond acceptors (Lipinski definition) is 1. The molecule has 2 aromatic carbocycles. The Balaban J connectivity index is 2.06. The van der Waals surface area contributed by atoms with Crippen LogP contribution in [0.25, 0.3) is 10.9 Å². The van der Waals surface area contributed by atoms with Gasteiger partial charge in [0, 0.05) is 10.9 Å². The van der Waals surface area contributed by atoms with Crippen LogP contribution >= 0.6 is 15.9 Å². The standard InChI is InChI=1S/C17H10BrN/c18-15-12-14-8-4-5-9-16(14)19-17(15)11-10-13-6-2-1-3-7-13/h1-9,12H. The first-order valence-electron chi connectivity index (χ1n) is 5.95. The van der Waals surface area contributed by atoms with Gasteiger partial charge in [-0.2, -0.15) is 0 Å². The number of benzene rings is 2. The average molecular weight is 308 g/mol. The first-order valence-corrected chi connectivity index (χ1v) is 6.74. The van der Waals surface area contributed by atoms with E-state index in [-0.39, 0.29) is 0 Å². The lowest BCUT2D eigenvalue weighted by molar-refractivity contribution is 1.34. The molecule has 0 N–H and O–H groups in total. The summed E-state index contributed by atoms with van der Waals surface area (Å²) in [5.41, 5.74) is 2.72. The van der Waals surface area contributed by atoms with Gasteiger partial charge in [0.1, 0.15) is 5.69 Å². The molecule has 0 fully saturated rings. The molecule has 0 aliphatic rings. The number of halogens is 1. The molecule has 1 heterocycles. The molecule has 0 radical (unpaired) electrons. The number of hydrogen-bond donors (Lipinski definition) is 0. The number of aromatic nitrogens is 1. The maximum atomic E-state index is 4.57. The minimum Gasteiger partial charge on any atom is -0.238 e. The summed E-state index contributed by atoms with van der Waals surface area (Å²) >= 11 is 3.53. The fraction of sp³-hybridized carbons (Fsp3) is 0. The molecule has 0 aliphatic carbocycles. The molecule has 0 aliphatic heterocycles. The van der Waals surface area contributed by atoms with Crippen molar-refractivity contribution < 1.29 is 0 Å². The minimum absolute atomic E-state index is 0.766. The van der Waals surface area contributed by atoms with Gasteiger partial charge in [-0.3, -0.25) is 0 Å². The summed E-state index contributed by atoms with van der Waals surface area (Å²) in [4.78, 5) is 4.57. The van der Waals surface area contributed by atoms with E-state index in [4.69, 9.17) is 0 Å². The van der Waals surface area contributed by atoms with E-state index in [0.29, 0.717) is 0 Å². The zero-order chi connectivity index (χ0) is 13.1. The number of nitrogens with zero attached hydrogens (tertiary/aromatic N) is 1. The monoisotopic (exact) mass is 307 g/mol. The molecule has 90 valence electrons. The van der Waals surface area contributed by atoms with Gasteiger partial charge in [-0.05, 0) is 46.1 Å². The Labute approximate surface area is 120 Å². The van der Waals surface area contributed by atoms with Crippen LogP contribution in [0.4, 0.5) is 0 Å². The molecule has 0 saturated heterocycles. The zero-order valence-electron chi connectivity index (χ0n) is 10.1. The first kappa shape index (κ1) is 12.0. The van der Waals surface area contributed by atoms with Gasteiger partial charge in [-0.25, -0.2) is 4.98 Å². The molecular weight excluding hydrogens is 298 g/mol. The summed E-state index contributed by atoms with van der Waals surface area (Å²) in [5, 5.41) is 1.11. The van der Waals surface area contributed by atoms with E-state index in [0.717, 1.165) is 26.6 Å². The second-order valence-corrected chi connectivity index (χ2v) is 4.98. The normalized spacial score (nSPS) is 9.95. The van der Waals surface area contributed by atoms with Crippen LogP contribution in [-0.4, -0.2) is 4.98 Å². The third-order valence-corrected chi connectivity index (χ3v) is 3.38. The zero-order valence-corrected chi connectivity index (χ0v) is 11.7. The van der Waals surface area contributed by atoms with E-state index in [9.17, 15) is 0 Å². The van der Waals surface area contributed by atoms with Gasteiger partial charge in [-0.1, -0.05) is 42.3 Å². The third-order valence-electron chi connectivity index (χ3n) is 2.78. The Morgan fingerprint density at radius 1 is 0.842 bits per heavy atom. The van der Waals surface area contributed by atoms with Gasteiger partial charge >= 0.3 is 0 Å². The minimum atomic E-state index is 0.766. The fourth-order valence-electron chi connectivity index (χ4n) is 1.83. The maximum Gasteiger partial charge on any atom is 0.128 e. The van der Waals surface area contributed by atoms with Crippen LogP contribution in [-0.2, 0) is 0 Å². The van der Waals surface area contributed by atoms with E-state index < -0.39 is 0 Å². The van der Waals surface area contributed by atoms with Crippen LogP contribution in [0.1, 0.15) is 11.3 Å². The largest absolute Gasteiger partial charge is 0.238 e. The second kappa shape index (κ2) is 5.26. The van der Waals surface area contributed by atoms with E-state index in [1.54, 1.807) is 0 Å². The van der Waals surface area contributed by atoms with Crippen molar-refractivity contribution in [1.29, 1.82) is 0 Å². The molecule has 0 bridgehead atoms. The molecule has 19 heavy (non-hydrogen) atoms. The highest BCUT2D eigenvalue weighted by Gasteiger charge is 2.01. The lowest BCUT2D eigenvalue weighted by Gasteiger charge is -2.00. The number of pyridine rings is 1. The second-order valence-electron chi connectivity index (χ2n) is 4.13. The molecule has 3 aromatic rings. The molecule has 0 atom stereocenters. The van der Waals surface area contributed by atoms with Crippen LogP contribution in [0.2, 0.25) is 0 Å². The van der Waals surface area contributed by atoms with Gasteiger partial charge in [0.25, 0.3) is 0 Å². The quantitative estimate of drug-likeness (QED) is 0.561. The summed E-state index contributed by atoms with van der Waals surface area (Å²) in [5.74, 6) is 6.24. The number of rotatable bonds is 0. The molecule has 0 unspecified atom stereocenters. The van der Waals surface area contributed by atoms with Crippen LogP contribution in [0.3, 0.4) is 0 Å². The summed E-state index contributed by atoms with van der Waals surface area (Å²) in [6, 6.07) is 20.0. The number of fused-ring (bicyclic) bond motifs is 1. The lowest BCUT2D eigenvalue weighted by Crippen LogP contribution is -1.87. The first-order chi connectivity index (χ1) is 9.33. The van der Waals surface area contributed by atoms with Gasteiger partial charge in [-0.15, -0.1) is 0 Å². The van der Waals surface area contributed by atoms with Crippen molar-refractivity contribution in [1.82, 2.24) is 4.98 Å². The van der Waals surface area contributed by atoms with Crippen LogP contribution in [0.5, 0.6) is 0 Å². The van der Waals surface area contributed by atoms with E-state index in [1.807, 2.05) is 54.6 Å². The fourth-order valence-corrected chi connectivity index (χ4v) is 2.27. The van der Waals surface area contributed by atoms with Crippen LogP contribution in [0.15, 0.2) is 65.1 Å². The Hall–Kier alpha value is -2.11. The van der Waals surface area contributed by atoms with Crippen molar-refractivity contribution in [2.75, 3.05) is 0 Å². The molecule has 0 amide bonds. The molecule has 1 nitrogen and oxygen atoms in total.